The molecule has 35 heavy (non-hydrogen) atoms. The van der Waals surface area contributed by atoms with Crippen LogP contribution in [0.1, 0.15) is 25.5 Å². The van der Waals surface area contributed by atoms with E-state index in [9.17, 15) is 24.0 Å². The van der Waals surface area contributed by atoms with Crippen LogP contribution >= 0.6 is 0 Å². The molecule has 0 fully saturated rings. The van der Waals surface area contributed by atoms with E-state index in [4.69, 9.17) is 9.47 Å². The van der Waals surface area contributed by atoms with Crippen molar-refractivity contribution in [1.29, 1.82) is 0 Å². The van der Waals surface area contributed by atoms with E-state index in [2.05, 4.69) is 5.32 Å². The van der Waals surface area contributed by atoms with Crippen LogP contribution in [0.25, 0.3) is 0 Å². The number of hydrogen-bond acceptors (Lipinski definition) is 7. The van der Waals surface area contributed by atoms with Gasteiger partial charge in [-0.3, -0.25) is 14.4 Å². The Morgan fingerprint density at radius 3 is 1.69 bits per heavy atom. The number of nitrogens with one attached hydrogen (secondary N) is 1. The molecule has 0 aliphatic carbocycles. The number of carbonyl (C=O) groups is 5. The minimum atomic E-state index is -1.24. The van der Waals surface area contributed by atoms with Crippen LogP contribution in [-0.4, -0.2) is 111 Å². The monoisotopic (exact) mass is 493 g/mol. The smallest absolute Gasteiger partial charge is 0.415 e. The van der Waals surface area contributed by atoms with E-state index in [0.29, 0.717) is 18.7 Å². The summed E-state index contributed by atoms with van der Waals surface area (Å²) in [5, 5.41) is 2.32. The Kier molecular flexibility index (Phi) is 11.5. The first kappa shape index (κ1) is 29.2. The molecule has 1 aromatic carbocycles. The Bertz CT molecular complexity index is 906. The predicted octanol–water partition coefficient (Wildman–Crippen LogP) is 0.929. The molecule has 0 aliphatic heterocycles. The van der Waals surface area contributed by atoms with E-state index < -0.39 is 24.2 Å². The summed E-state index contributed by atoms with van der Waals surface area (Å²) in [6.07, 6.45) is -2.64. The first-order chi connectivity index (χ1) is 16.4. The number of carbonyl (C=O) groups excluding carboxylic acids is 5. The lowest BCUT2D eigenvalue weighted by Gasteiger charge is -2.26. The van der Waals surface area contributed by atoms with Gasteiger partial charge in [-0.05, 0) is 12.1 Å². The number of rotatable bonds is 10. The van der Waals surface area contributed by atoms with Crippen molar-refractivity contribution in [1.82, 2.24) is 24.9 Å². The van der Waals surface area contributed by atoms with Crippen molar-refractivity contribution in [2.24, 2.45) is 0 Å². The second-order valence-corrected chi connectivity index (χ2v) is 8.03. The molecule has 1 unspecified atom stereocenters. The Hall–Kier alpha value is -3.83. The van der Waals surface area contributed by atoms with Gasteiger partial charge in [0, 0.05) is 80.8 Å². The van der Waals surface area contributed by atoms with Crippen LogP contribution in [0.5, 0.6) is 5.75 Å². The van der Waals surface area contributed by atoms with Crippen LogP contribution < -0.4 is 10.1 Å². The summed E-state index contributed by atoms with van der Waals surface area (Å²) in [5.41, 5.74) is 0.376. The van der Waals surface area contributed by atoms with Crippen molar-refractivity contribution < 1.29 is 33.4 Å². The number of nitrogens with zero attached hydrogens (tertiary/aromatic N) is 4. The van der Waals surface area contributed by atoms with Gasteiger partial charge >= 0.3 is 12.2 Å². The van der Waals surface area contributed by atoms with Gasteiger partial charge in [-0.2, -0.15) is 0 Å². The van der Waals surface area contributed by atoms with Crippen LogP contribution in [0.15, 0.2) is 24.3 Å². The molecule has 0 saturated carbocycles. The Morgan fingerprint density at radius 1 is 0.771 bits per heavy atom. The highest BCUT2D eigenvalue weighted by atomic mass is 16.6. The van der Waals surface area contributed by atoms with Crippen molar-refractivity contribution in [3.05, 3.63) is 29.8 Å². The number of hydrogen-bond donors (Lipinski definition) is 1. The average molecular weight is 494 g/mol. The normalized spacial score (nSPS) is 11.1. The molecule has 0 radical (unpaired) electrons. The fraction of sp³-hybridized carbons (Fsp3) is 0.522. The SMILES string of the molecule is CNC(=O)OC(C(=O)N(C)CCN(C)C(C)=O)c1ccc(OC(=O)N(C)CCN(C)C(C)=O)cc1. The van der Waals surface area contributed by atoms with Gasteiger partial charge in [0.15, 0.2) is 0 Å². The quantitative estimate of drug-likeness (QED) is 0.513. The maximum absolute atomic E-state index is 13.0. The number of benzene rings is 1. The molecule has 0 aromatic heterocycles. The molecule has 0 spiro atoms. The van der Waals surface area contributed by atoms with E-state index in [1.54, 1.807) is 28.2 Å². The second-order valence-electron chi connectivity index (χ2n) is 8.03. The highest BCUT2D eigenvalue weighted by Gasteiger charge is 2.28. The summed E-state index contributed by atoms with van der Waals surface area (Å²) in [6.45, 7) is 4.06. The van der Waals surface area contributed by atoms with Gasteiger partial charge in [-0.25, -0.2) is 9.59 Å². The fourth-order valence-electron chi connectivity index (χ4n) is 2.63. The molecule has 0 heterocycles. The third kappa shape index (κ3) is 9.51. The van der Waals surface area contributed by atoms with Gasteiger partial charge in [-0.1, -0.05) is 12.1 Å². The summed E-state index contributed by atoms with van der Waals surface area (Å²) in [7, 11) is 7.74. The maximum Gasteiger partial charge on any atom is 0.415 e. The molecule has 12 heteroatoms. The van der Waals surface area contributed by atoms with Crippen LogP contribution in [0.3, 0.4) is 0 Å². The molecular weight excluding hydrogens is 458 g/mol. The van der Waals surface area contributed by atoms with Crippen molar-refractivity contribution in [3.8, 4) is 5.75 Å². The van der Waals surface area contributed by atoms with Gasteiger partial charge in [0.2, 0.25) is 17.9 Å². The minimum Gasteiger partial charge on any atom is -0.431 e. The highest BCUT2D eigenvalue weighted by molar-refractivity contribution is 5.85. The van der Waals surface area contributed by atoms with E-state index in [0.717, 1.165) is 0 Å². The van der Waals surface area contributed by atoms with Gasteiger partial charge in [0.05, 0.1) is 0 Å². The van der Waals surface area contributed by atoms with Crippen molar-refractivity contribution >= 4 is 29.9 Å². The molecular formula is C23H35N5O7. The summed E-state index contributed by atoms with van der Waals surface area (Å²) in [6, 6.07) is 6.01. The van der Waals surface area contributed by atoms with E-state index in [1.165, 1.54) is 64.8 Å². The summed E-state index contributed by atoms with van der Waals surface area (Å²) in [4.78, 5) is 65.5. The molecule has 0 bridgehead atoms. The zero-order valence-electron chi connectivity index (χ0n) is 21.4. The van der Waals surface area contributed by atoms with Crippen LogP contribution in [0.4, 0.5) is 9.59 Å². The number of alkyl carbamates (subject to hydrolysis) is 1. The molecule has 194 valence electrons. The summed E-state index contributed by atoms with van der Waals surface area (Å²) >= 11 is 0. The Balaban J connectivity index is 2.88. The molecule has 12 nitrogen and oxygen atoms in total. The average Bonchev–Trinajstić information content (AvgIpc) is 2.83. The standard InChI is InChI=1S/C23H35N5O7/c1-16(29)25(4)12-14-27(6)21(31)20(35-22(32)24-3)18-8-10-19(11-9-18)34-23(33)28(7)15-13-26(5)17(2)30/h8-11,20H,12-15H2,1-7H3,(H,24,32). The van der Waals surface area contributed by atoms with Crippen LogP contribution in [-0.2, 0) is 19.1 Å². The molecule has 1 N–H and O–H groups in total. The minimum absolute atomic E-state index is 0.109. The van der Waals surface area contributed by atoms with Crippen LogP contribution in [0.2, 0.25) is 0 Å². The topological polar surface area (TPSA) is 129 Å². The molecule has 1 rings (SSSR count). The first-order valence-corrected chi connectivity index (χ1v) is 11.0. The van der Waals surface area contributed by atoms with Gasteiger partial charge in [0.25, 0.3) is 5.91 Å². The van der Waals surface area contributed by atoms with Gasteiger partial charge in [-0.15, -0.1) is 0 Å². The number of amides is 5. The third-order valence-corrected chi connectivity index (χ3v) is 5.35. The predicted molar refractivity (Wildman–Crippen MR) is 128 cm³/mol. The van der Waals surface area contributed by atoms with Crippen molar-refractivity contribution in [2.75, 3.05) is 61.4 Å². The second kappa shape index (κ2) is 13.8. The van der Waals surface area contributed by atoms with Crippen molar-refractivity contribution in [2.45, 2.75) is 20.0 Å². The van der Waals surface area contributed by atoms with E-state index in [1.807, 2.05) is 0 Å². The van der Waals surface area contributed by atoms with Crippen molar-refractivity contribution in [3.63, 3.8) is 0 Å². The number of likely N-dealkylation sites (N-methyl/N-ethyl adjacent to an activating group) is 4. The number of ether oxygens (including phenoxy) is 2. The molecule has 0 saturated heterocycles. The van der Waals surface area contributed by atoms with Gasteiger partial charge in [0.1, 0.15) is 5.75 Å². The summed E-state index contributed by atoms with van der Waals surface area (Å²) in [5.74, 6) is -0.495. The zero-order chi connectivity index (χ0) is 26.7. The van der Waals surface area contributed by atoms with Gasteiger partial charge < -0.3 is 34.4 Å². The van der Waals surface area contributed by atoms with E-state index in [-0.39, 0.29) is 30.7 Å². The highest BCUT2D eigenvalue weighted by Crippen LogP contribution is 2.23. The Labute approximate surface area is 205 Å². The zero-order valence-corrected chi connectivity index (χ0v) is 21.4. The van der Waals surface area contributed by atoms with E-state index >= 15 is 0 Å². The lowest BCUT2D eigenvalue weighted by molar-refractivity contribution is -0.140. The Morgan fingerprint density at radius 2 is 1.23 bits per heavy atom. The molecule has 1 atom stereocenters. The largest absolute Gasteiger partial charge is 0.431 e. The third-order valence-electron chi connectivity index (χ3n) is 5.35. The molecule has 5 amide bonds. The first-order valence-electron chi connectivity index (χ1n) is 11.0. The lowest BCUT2D eigenvalue weighted by atomic mass is 10.1. The van der Waals surface area contributed by atoms with Crippen LogP contribution in [0, 0.1) is 0 Å². The molecule has 0 aliphatic rings. The lowest BCUT2D eigenvalue weighted by Crippen LogP contribution is -2.40. The fourth-order valence-corrected chi connectivity index (χ4v) is 2.63. The molecule has 1 aromatic rings. The maximum atomic E-state index is 13.0. The summed E-state index contributed by atoms with van der Waals surface area (Å²) < 4.78 is 10.6.